The maximum absolute atomic E-state index is 12.5. The predicted molar refractivity (Wildman–Crippen MR) is 103 cm³/mol. The number of pyridine rings is 1. The summed E-state index contributed by atoms with van der Waals surface area (Å²) in [5.74, 6) is 0.467. The Labute approximate surface area is 157 Å². The van der Waals surface area contributed by atoms with Crippen molar-refractivity contribution in [1.29, 1.82) is 0 Å². The van der Waals surface area contributed by atoms with Crippen LogP contribution in [0.1, 0.15) is 25.3 Å². The number of rotatable bonds is 4. The van der Waals surface area contributed by atoms with Crippen LogP contribution in [0.15, 0.2) is 46.2 Å². The third kappa shape index (κ3) is 3.66. The van der Waals surface area contributed by atoms with Gasteiger partial charge in [-0.1, -0.05) is 0 Å². The Kier molecular flexibility index (Phi) is 5.06. The number of anilines is 2. The molecule has 0 radical (unpaired) electrons. The van der Waals surface area contributed by atoms with E-state index in [4.69, 9.17) is 9.29 Å². The van der Waals surface area contributed by atoms with Gasteiger partial charge in [0.25, 0.3) is 5.56 Å². The molecule has 1 aromatic carbocycles. The predicted octanol–water partition coefficient (Wildman–Crippen LogP) is 2.79. The van der Waals surface area contributed by atoms with Crippen LogP contribution in [-0.4, -0.2) is 36.7 Å². The smallest absolute Gasteiger partial charge is 0.261 e. The van der Waals surface area contributed by atoms with Crippen molar-refractivity contribution in [1.82, 2.24) is 14.8 Å². The normalized spacial score (nSPS) is 18.9. The molecule has 3 N–H and O–H groups in total. The van der Waals surface area contributed by atoms with Crippen LogP contribution in [0.4, 0.5) is 11.5 Å². The average molecular weight is 388 g/mol. The molecule has 1 saturated heterocycles. The minimum Gasteiger partial charge on any atom is -0.381 e. The van der Waals surface area contributed by atoms with Crippen LogP contribution in [0.3, 0.4) is 0 Å². The van der Waals surface area contributed by atoms with Crippen molar-refractivity contribution in [3.05, 3.63) is 46.9 Å². The molecule has 1 aliphatic heterocycles. The van der Waals surface area contributed by atoms with E-state index in [1.807, 2.05) is 10.7 Å². The SMILES string of the molecule is O=c1[nH]ccc2c1c(Nc1ccc(S(=O)O)cc1)nn2C1CCCOCC1. The molecule has 0 spiro atoms. The average Bonchev–Trinajstić information content (AvgIpc) is 2.84. The number of aromatic nitrogens is 3. The zero-order valence-electron chi connectivity index (χ0n) is 14.6. The molecule has 0 amide bonds. The van der Waals surface area contributed by atoms with Gasteiger partial charge in [-0.3, -0.25) is 9.48 Å². The molecule has 2 atom stereocenters. The second kappa shape index (κ2) is 7.63. The van der Waals surface area contributed by atoms with Gasteiger partial charge in [0.2, 0.25) is 0 Å². The summed E-state index contributed by atoms with van der Waals surface area (Å²) in [7, 11) is 0. The first-order chi connectivity index (χ1) is 13.1. The highest BCUT2D eigenvalue weighted by molar-refractivity contribution is 7.79. The Morgan fingerprint density at radius 3 is 2.81 bits per heavy atom. The molecular formula is C18H20N4O4S. The van der Waals surface area contributed by atoms with E-state index in [0.717, 1.165) is 31.4 Å². The highest BCUT2D eigenvalue weighted by Gasteiger charge is 2.21. The minimum atomic E-state index is -2.02. The van der Waals surface area contributed by atoms with Gasteiger partial charge >= 0.3 is 0 Å². The van der Waals surface area contributed by atoms with Gasteiger partial charge in [0.05, 0.1) is 16.5 Å². The number of benzene rings is 1. The van der Waals surface area contributed by atoms with Crippen molar-refractivity contribution in [2.45, 2.75) is 30.2 Å². The minimum absolute atomic E-state index is 0.173. The first-order valence-electron chi connectivity index (χ1n) is 8.79. The Morgan fingerprint density at radius 2 is 2.04 bits per heavy atom. The monoisotopic (exact) mass is 388 g/mol. The van der Waals surface area contributed by atoms with Crippen molar-refractivity contribution in [2.24, 2.45) is 0 Å². The Morgan fingerprint density at radius 1 is 1.22 bits per heavy atom. The molecule has 0 aliphatic carbocycles. The van der Waals surface area contributed by atoms with Gasteiger partial charge < -0.3 is 19.6 Å². The number of nitrogens with one attached hydrogen (secondary N) is 2. The summed E-state index contributed by atoms with van der Waals surface area (Å²) < 4.78 is 27.7. The first kappa shape index (κ1) is 17.9. The van der Waals surface area contributed by atoms with Crippen LogP contribution in [0, 0.1) is 0 Å². The molecule has 1 fully saturated rings. The largest absolute Gasteiger partial charge is 0.381 e. The van der Waals surface area contributed by atoms with Crippen molar-refractivity contribution in [3.63, 3.8) is 0 Å². The van der Waals surface area contributed by atoms with E-state index in [1.165, 1.54) is 0 Å². The van der Waals surface area contributed by atoms with E-state index in [-0.39, 0.29) is 11.6 Å². The van der Waals surface area contributed by atoms with Gasteiger partial charge in [-0.2, -0.15) is 5.10 Å². The molecule has 8 nitrogen and oxygen atoms in total. The van der Waals surface area contributed by atoms with Crippen LogP contribution in [0.5, 0.6) is 0 Å². The highest BCUT2D eigenvalue weighted by atomic mass is 32.2. The summed E-state index contributed by atoms with van der Waals surface area (Å²) in [5, 5.41) is 8.35. The fourth-order valence-corrected chi connectivity index (χ4v) is 3.76. The lowest BCUT2D eigenvalue weighted by Crippen LogP contribution is -2.12. The molecule has 4 rings (SSSR count). The van der Waals surface area contributed by atoms with E-state index in [1.54, 1.807) is 30.5 Å². The van der Waals surface area contributed by atoms with Crippen LogP contribution in [-0.2, 0) is 15.8 Å². The summed E-state index contributed by atoms with van der Waals surface area (Å²) in [5.41, 5.74) is 1.25. The lowest BCUT2D eigenvalue weighted by atomic mass is 10.1. The molecular weight excluding hydrogens is 368 g/mol. The zero-order chi connectivity index (χ0) is 18.8. The Hall–Kier alpha value is -2.49. The van der Waals surface area contributed by atoms with E-state index < -0.39 is 11.1 Å². The molecule has 3 heterocycles. The maximum atomic E-state index is 12.5. The third-order valence-electron chi connectivity index (χ3n) is 4.72. The van der Waals surface area contributed by atoms with Crippen molar-refractivity contribution >= 4 is 33.5 Å². The second-order valence-electron chi connectivity index (χ2n) is 6.46. The Balaban J connectivity index is 1.73. The molecule has 2 unspecified atom stereocenters. The quantitative estimate of drug-likeness (QED) is 0.593. The third-order valence-corrected chi connectivity index (χ3v) is 5.39. The fourth-order valence-electron chi connectivity index (χ4n) is 3.39. The number of fused-ring (bicyclic) bond motifs is 1. The van der Waals surface area contributed by atoms with Crippen molar-refractivity contribution in [2.75, 3.05) is 18.5 Å². The van der Waals surface area contributed by atoms with E-state index in [0.29, 0.717) is 28.4 Å². The van der Waals surface area contributed by atoms with Gasteiger partial charge in [-0.05, 0) is 49.6 Å². The lowest BCUT2D eigenvalue weighted by molar-refractivity contribution is 0.141. The molecule has 1 aliphatic rings. The van der Waals surface area contributed by atoms with Gasteiger partial charge in [0.15, 0.2) is 16.9 Å². The molecule has 9 heteroatoms. The number of H-pyrrole nitrogens is 1. The van der Waals surface area contributed by atoms with Crippen LogP contribution in [0.25, 0.3) is 10.9 Å². The summed E-state index contributed by atoms with van der Waals surface area (Å²) >= 11 is -2.02. The number of nitrogens with zero attached hydrogens (tertiary/aromatic N) is 2. The topological polar surface area (TPSA) is 109 Å². The summed E-state index contributed by atoms with van der Waals surface area (Å²) in [6, 6.07) is 8.52. The number of aromatic amines is 1. The van der Waals surface area contributed by atoms with Crippen LogP contribution >= 0.6 is 0 Å². The van der Waals surface area contributed by atoms with E-state index >= 15 is 0 Å². The maximum Gasteiger partial charge on any atom is 0.261 e. The van der Waals surface area contributed by atoms with Crippen LogP contribution < -0.4 is 10.9 Å². The van der Waals surface area contributed by atoms with E-state index in [9.17, 15) is 9.00 Å². The van der Waals surface area contributed by atoms with Gasteiger partial charge in [0.1, 0.15) is 5.39 Å². The number of hydrogen-bond acceptors (Lipinski definition) is 5. The van der Waals surface area contributed by atoms with Gasteiger partial charge in [-0.25, -0.2) is 4.21 Å². The first-order valence-corrected chi connectivity index (χ1v) is 9.90. The highest BCUT2D eigenvalue weighted by Crippen LogP contribution is 2.29. The molecule has 0 bridgehead atoms. The second-order valence-corrected chi connectivity index (χ2v) is 7.43. The van der Waals surface area contributed by atoms with E-state index in [2.05, 4.69) is 15.4 Å². The van der Waals surface area contributed by atoms with Gasteiger partial charge in [0, 0.05) is 25.1 Å². The molecule has 27 heavy (non-hydrogen) atoms. The molecule has 2 aromatic heterocycles. The standard InChI is InChI=1S/C18H20N4O4S/c23-18-16-15(7-9-19-18)22(13-2-1-10-26-11-8-13)21-17(16)20-12-3-5-14(6-4-12)27(24)25/h3-7,9,13H,1-2,8,10-11H2,(H,19,23)(H,20,21)(H,24,25). The number of hydrogen-bond donors (Lipinski definition) is 3. The zero-order valence-corrected chi connectivity index (χ0v) is 15.4. The lowest BCUT2D eigenvalue weighted by Gasteiger charge is -2.15. The van der Waals surface area contributed by atoms with Crippen LogP contribution in [0.2, 0.25) is 0 Å². The Bertz CT molecular complexity index is 1020. The van der Waals surface area contributed by atoms with Crippen molar-refractivity contribution in [3.8, 4) is 0 Å². The molecule has 142 valence electrons. The summed E-state index contributed by atoms with van der Waals surface area (Å²) in [4.78, 5) is 15.5. The number of ether oxygens (including phenoxy) is 1. The fraction of sp³-hybridized carbons (Fsp3) is 0.333. The summed E-state index contributed by atoms with van der Waals surface area (Å²) in [6.07, 6.45) is 4.38. The molecule has 0 saturated carbocycles. The summed E-state index contributed by atoms with van der Waals surface area (Å²) in [6.45, 7) is 1.43. The van der Waals surface area contributed by atoms with Gasteiger partial charge in [-0.15, -0.1) is 0 Å². The molecule has 3 aromatic rings. The van der Waals surface area contributed by atoms with Crippen molar-refractivity contribution < 1.29 is 13.5 Å².